The zero-order chi connectivity index (χ0) is 12.1. The molecule has 1 aromatic carbocycles. The van der Waals surface area contributed by atoms with E-state index in [1.165, 1.54) is 11.6 Å². The summed E-state index contributed by atoms with van der Waals surface area (Å²) in [7, 11) is 0. The molecule has 4 heteroatoms. The summed E-state index contributed by atoms with van der Waals surface area (Å²) in [5, 5.41) is 4.09. The van der Waals surface area contributed by atoms with E-state index in [0.29, 0.717) is 13.2 Å². The number of benzene rings is 1. The molecule has 2 nitrogen and oxygen atoms in total. The summed E-state index contributed by atoms with van der Waals surface area (Å²) in [6.07, 6.45) is 0.793. The van der Waals surface area contributed by atoms with Gasteiger partial charge in [-0.25, -0.2) is 4.39 Å². The third-order valence-electron chi connectivity index (χ3n) is 2.46. The van der Waals surface area contributed by atoms with Gasteiger partial charge in [-0.05, 0) is 40.1 Å². The zero-order valence-corrected chi connectivity index (χ0v) is 10.2. The standard InChI is InChI=1S/C13H14FNOS/c14-12-7-11(8-15)1-2-13(12)16-5-3-10-4-6-17-9-10/h1-2,4,6-7,9H,3,5,8,15H2. The van der Waals surface area contributed by atoms with Gasteiger partial charge in [0, 0.05) is 13.0 Å². The third-order valence-corrected chi connectivity index (χ3v) is 3.19. The predicted octanol–water partition coefficient (Wildman–Crippen LogP) is 2.97. The van der Waals surface area contributed by atoms with Gasteiger partial charge in [0.2, 0.25) is 0 Å². The maximum atomic E-state index is 13.5. The molecular weight excluding hydrogens is 237 g/mol. The minimum Gasteiger partial charge on any atom is -0.490 e. The minimum atomic E-state index is -0.349. The van der Waals surface area contributed by atoms with Crippen LogP contribution in [0.1, 0.15) is 11.1 Å². The van der Waals surface area contributed by atoms with Crippen LogP contribution >= 0.6 is 11.3 Å². The molecule has 2 aromatic rings. The van der Waals surface area contributed by atoms with Gasteiger partial charge in [-0.15, -0.1) is 0 Å². The highest BCUT2D eigenvalue weighted by atomic mass is 32.1. The number of halogens is 1. The van der Waals surface area contributed by atoms with Crippen LogP contribution < -0.4 is 10.5 Å². The van der Waals surface area contributed by atoms with Gasteiger partial charge in [-0.2, -0.15) is 11.3 Å². The van der Waals surface area contributed by atoms with Crippen LogP contribution in [0.15, 0.2) is 35.0 Å². The highest BCUT2D eigenvalue weighted by molar-refractivity contribution is 7.07. The largest absolute Gasteiger partial charge is 0.490 e. The van der Waals surface area contributed by atoms with E-state index in [0.717, 1.165) is 12.0 Å². The lowest BCUT2D eigenvalue weighted by atomic mass is 10.2. The van der Waals surface area contributed by atoms with Crippen molar-refractivity contribution in [3.8, 4) is 5.75 Å². The average Bonchev–Trinajstić information content (AvgIpc) is 2.84. The Morgan fingerprint density at radius 3 is 2.76 bits per heavy atom. The van der Waals surface area contributed by atoms with E-state index >= 15 is 0 Å². The van der Waals surface area contributed by atoms with Crippen LogP contribution in [0.25, 0.3) is 0 Å². The molecule has 1 heterocycles. The van der Waals surface area contributed by atoms with E-state index in [1.807, 2.05) is 11.4 Å². The second-order valence-electron chi connectivity index (χ2n) is 3.70. The fourth-order valence-electron chi connectivity index (χ4n) is 1.50. The third kappa shape index (κ3) is 3.28. The predicted molar refractivity (Wildman–Crippen MR) is 67.8 cm³/mol. The molecule has 0 fully saturated rings. The summed E-state index contributed by atoms with van der Waals surface area (Å²) in [6.45, 7) is 0.821. The molecule has 2 rings (SSSR count). The molecule has 0 saturated heterocycles. The Morgan fingerprint density at radius 2 is 2.12 bits per heavy atom. The molecule has 0 aliphatic carbocycles. The number of thiophene rings is 1. The van der Waals surface area contributed by atoms with Crippen LogP contribution in [0.4, 0.5) is 4.39 Å². The van der Waals surface area contributed by atoms with Gasteiger partial charge in [0.1, 0.15) is 0 Å². The molecule has 0 radical (unpaired) electrons. The minimum absolute atomic E-state index is 0.289. The molecule has 0 aliphatic rings. The molecule has 0 unspecified atom stereocenters. The number of ether oxygens (including phenoxy) is 1. The Labute approximate surface area is 104 Å². The van der Waals surface area contributed by atoms with Gasteiger partial charge in [0.25, 0.3) is 0 Å². The summed E-state index contributed by atoms with van der Waals surface area (Å²) in [5.41, 5.74) is 7.41. The van der Waals surface area contributed by atoms with E-state index in [1.54, 1.807) is 23.5 Å². The van der Waals surface area contributed by atoms with Crippen molar-refractivity contribution in [1.29, 1.82) is 0 Å². The smallest absolute Gasteiger partial charge is 0.165 e. The molecule has 0 atom stereocenters. The topological polar surface area (TPSA) is 35.2 Å². The molecule has 0 aliphatic heterocycles. The molecule has 0 spiro atoms. The molecule has 2 N–H and O–H groups in total. The highest BCUT2D eigenvalue weighted by Gasteiger charge is 2.04. The van der Waals surface area contributed by atoms with Crippen molar-refractivity contribution in [2.75, 3.05) is 6.61 Å². The van der Waals surface area contributed by atoms with Crippen LogP contribution in [0.5, 0.6) is 5.75 Å². The van der Waals surface area contributed by atoms with Gasteiger partial charge in [-0.3, -0.25) is 0 Å². The molecule has 0 saturated carbocycles. The number of hydrogen-bond donors (Lipinski definition) is 1. The summed E-state index contributed by atoms with van der Waals surface area (Å²) in [5.74, 6) is -0.0595. The molecule has 17 heavy (non-hydrogen) atoms. The van der Waals surface area contributed by atoms with Crippen molar-refractivity contribution in [3.05, 3.63) is 52.0 Å². The first-order valence-electron chi connectivity index (χ1n) is 5.42. The lowest BCUT2D eigenvalue weighted by molar-refractivity contribution is 0.305. The first-order chi connectivity index (χ1) is 8.29. The van der Waals surface area contributed by atoms with Crippen molar-refractivity contribution in [2.24, 2.45) is 5.73 Å². The molecular formula is C13H14FNOS. The SMILES string of the molecule is NCc1ccc(OCCc2ccsc2)c(F)c1. The van der Waals surface area contributed by atoms with Gasteiger partial charge < -0.3 is 10.5 Å². The van der Waals surface area contributed by atoms with Crippen LogP contribution in [0.2, 0.25) is 0 Å². The maximum absolute atomic E-state index is 13.5. The van der Waals surface area contributed by atoms with Crippen LogP contribution in [0.3, 0.4) is 0 Å². The van der Waals surface area contributed by atoms with Crippen molar-refractivity contribution < 1.29 is 9.13 Å². The highest BCUT2D eigenvalue weighted by Crippen LogP contribution is 2.18. The number of nitrogens with two attached hydrogens (primary N) is 1. The maximum Gasteiger partial charge on any atom is 0.165 e. The summed E-state index contributed by atoms with van der Waals surface area (Å²) < 4.78 is 18.9. The van der Waals surface area contributed by atoms with Crippen molar-refractivity contribution in [3.63, 3.8) is 0 Å². The summed E-state index contributed by atoms with van der Waals surface area (Å²) in [6, 6.07) is 6.87. The van der Waals surface area contributed by atoms with E-state index < -0.39 is 0 Å². The first kappa shape index (κ1) is 12.1. The normalized spacial score (nSPS) is 10.5. The fraction of sp³-hybridized carbons (Fsp3) is 0.231. The Balaban J connectivity index is 1.90. The number of rotatable bonds is 5. The monoisotopic (exact) mass is 251 g/mol. The van der Waals surface area contributed by atoms with Gasteiger partial charge in [-0.1, -0.05) is 6.07 Å². The lowest BCUT2D eigenvalue weighted by Gasteiger charge is -2.07. The quantitative estimate of drug-likeness (QED) is 0.886. The Kier molecular flexibility index (Phi) is 4.12. The molecule has 90 valence electrons. The Hall–Kier alpha value is -1.39. The van der Waals surface area contributed by atoms with Crippen molar-refractivity contribution in [1.82, 2.24) is 0 Å². The van der Waals surface area contributed by atoms with Gasteiger partial charge in [0.05, 0.1) is 6.61 Å². The van der Waals surface area contributed by atoms with Crippen molar-refractivity contribution >= 4 is 11.3 Å². The second-order valence-corrected chi connectivity index (χ2v) is 4.48. The van der Waals surface area contributed by atoms with E-state index in [9.17, 15) is 4.39 Å². The van der Waals surface area contributed by atoms with E-state index in [2.05, 4.69) is 5.38 Å². The Bertz CT molecular complexity index is 470. The zero-order valence-electron chi connectivity index (χ0n) is 9.36. The van der Waals surface area contributed by atoms with Crippen LogP contribution in [0, 0.1) is 5.82 Å². The van der Waals surface area contributed by atoms with Crippen molar-refractivity contribution in [2.45, 2.75) is 13.0 Å². The van der Waals surface area contributed by atoms with Crippen LogP contribution in [-0.4, -0.2) is 6.61 Å². The average molecular weight is 251 g/mol. The van der Waals surface area contributed by atoms with E-state index in [4.69, 9.17) is 10.5 Å². The Morgan fingerprint density at radius 1 is 1.24 bits per heavy atom. The lowest BCUT2D eigenvalue weighted by Crippen LogP contribution is -2.03. The van der Waals surface area contributed by atoms with Crippen LogP contribution in [-0.2, 0) is 13.0 Å². The summed E-state index contributed by atoms with van der Waals surface area (Å²) >= 11 is 1.65. The molecule has 0 bridgehead atoms. The summed E-state index contributed by atoms with van der Waals surface area (Å²) in [4.78, 5) is 0. The first-order valence-corrected chi connectivity index (χ1v) is 6.36. The van der Waals surface area contributed by atoms with Gasteiger partial charge in [0.15, 0.2) is 11.6 Å². The number of hydrogen-bond acceptors (Lipinski definition) is 3. The fourth-order valence-corrected chi connectivity index (χ4v) is 2.21. The van der Waals surface area contributed by atoms with E-state index in [-0.39, 0.29) is 11.6 Å². The second kappa shape index (κ2) is 5.80. The molecule has 0 amide bonds. The van der Waals surface area contributed by atoms with Gasteiger partial charge >= 0.3 is 0 Å². The molecule has 1 aromatic heterocycles.